The Morgan fingerprint density at radius 2 is 1.86 bits per heavy atom. The van der Waals surface area contributed by atoms with E-state index in [1.165, 1.54) is 24.8 Å². The van der Waals surface area contributed by atoms with Crippen LogP contribution in [0.5, 0.6) is 0 Å². The number of nitrogens with zero attached hydrogens (tertiary/aromatic N) is 3. The van der Waals surface area contributed by atoms with E-state index in [2.05, 4.69) is 55.0 Å². The third-order valence-electron chi connectivity index (χ3n) is 5.18. The summed E-state index contributed by atoms with van der Waals surface area (Å²) in [4.78, 5) is 8.98. The zero-order valence-corrected chi connectivity index (χ0v) is 13.9. The van der Waals surface area contributed by atoms with E-state index in [9.17, 15) is 0 Å². The molecule has 118 valence electrons. The highest BCUT2D eigenvalue weighted by molar-refractivity contribution is 5.18. The minimum atomic E-state index is 0.150. The van der Waals surface area contributed by atoms with Crippen molar-refractivity contribution in [2.75, 3.05) is 27.7 Å². The SMILES string of the molecule is CCC(N)C(c1ccncc1)N(C)CC1(N(C)C)CCC1. The van der Waals surface area contributed by atoms with Gasteiger partial charge in [-0.1, -0.05) is 6.92 Å². The Morgan fingerprint density at radius 3 is 2.29 bits per heavy atom. The van der Waals surface area contributed by atoms with E-state index < -0.39 is 0 Å². The smallest absolute Gasteiger partial charge is 0.0498 e. The topological polar surface area (TPSA) is 45.4 Å². The summed E-state index contributed by atoms with van der Waals surface area (Å²) in [6.45, 7) is 3.23. The Morgan fingerprint density at radius 1 is 1.24 bits per heavy atom. The van der Waals surface area contributed by atoms with Crippen LogP contribution in [0.3, 0.4) is 0 Å². The molecule has 0 radical (unpaired) electrons. The molecule has 4 nitrogen and oxygen atoms in total. The van der Waals surface area contributed by atoms with Crippen molar-refractivity contribution < 1.29 is 0 Å². The molecule has 1 aliphatic rings. The van der Waals surface area contributed by atoms with Crippen molar-refractivity contribution in [1.29, 1.82) is 0 Å². The van der Waals surface area contributed by atoms with Gasteiger partial charge in [0, 0.05) is 36.6 Å². The lowest BCUT2D eigenvalue weighted by Crippen LogP contribution is -2.58. The molecule has 0 saturated heterocycles. The quantitative estimate of drug-likeness (QED) is 0.837. The Labute approximate surface area is 129 Å². The number of nitrogens with two attached hydrogens (primary N) is 1. The minimum Gasteiger partial charge on any atom is -0.326 e. The molecule has 0 aromatic carbocycles. The van der Waals surface area contributed by atoms with Crippen LogP contribution in [-0.2, 0) is 0 Å². The fraction of sp³-hybridized carbons (Fsp3) is 0.706. The van der Waals surface area contributed by atoms with E-state index in [-0.39, 0.29) is 12.1 Å². The van der Waals surface area contributed by atoms with Crippen molar-refractivity contribution in [3.63, 3.8) is 0 Å². The fourth-order valence-electron chi connectivity index (χ4n) is 3.51. The van der Waals surface area contributed by atoms with E-state index in [1.54, 1.807) is 0 Å². The molecule has 1 fully saturated rings. The van der Waals surface area contributed by atoms with Gasteiger partial charge in [0.25, 0.3) is 0 Å². The summed E-state index contributed by atoms with van der Waals surface area (Å²) in [6.07, 6.45) is 8.62. The maximum absolute atomic E-state index is 6.43. The second-order valence-electron chi connectivity index (χ2n) is 6.68. The highest BCUT2D eigenvalue weighted by Gasteiger charge is 2.41. The largest absolute Gasteiger partial charge is 0.326 e. The van der Waals surface area contributed by atoms with Gasteiger partial charge in [-0.3, -0.25) is 9.88 Å². The molecule has 2 atom stereocenters. The predicted molar refractivity (Wildman–Crippen MR) is 88.1 cm³/mol. The van der Waals surface area contributed by atoms with Crippen LogP contribution < -0.4 is 5.73 Å². The van der Waals surface area contributed by atoms with E-state index in [4.69, 9.17) is 5.73 Å². The number of hydrogen-bond donors (Lipinski definition) is 1. The van der Waals surface area contributed by atoms with Gasteiger partial charge in [-0.05, 0) is 64.5 Å². The van der Waals surface area contributed by atoms with Crippen molar-refractivity contribution in [3.8, 4) is 0 Å². The van der Waals surface area contributed by atoms with Crippen molar-refractivity contribution in [2.24, 2.45) is 5.73 Å². The van der Waals surface area contributed by atoms with Gasteiger partial charge in [0.2, 0.25) is 0 Å². The number of hydrogen-bond acceptors (Lipinski definition) is 4. The molecule has 0 aliphatic heterocycles. The monoisotopic (exact) mass is 290 g/mol. The normalized spacial score (nSPS) is 20.3. The summed E-state index contributed by atoms with van der Waals surface area (Å²) in [7, 11) is 6.62. The molecule has 1 aromatic heterocycles. The molecule has 1 aromatic rings. The van der Waals surface area contributed by atoms with Crippen molar-refractivity contribution in [3.05, 3.63) is 30.1 Å². The van der Waals surface area contributed by atoms with E-state index >= 15 is 0 Å². The van der Waals surface area contributed by atoms with E-state index in [0.29, 0.717) is 5.54 Å². The second kappa shape index (κ2) is 6.86. The van der Waals surface area contributed by atoms with Crippen LogP contribution in [0.2, 0.25) is 0 Å². The lowest BCUT2D eigenvalue weighted by molar-refractivity contribution is 0.0121. The van der Waals surface area contributed by atoms with Crippen molar-refractivity contribution in [1.82, 2.24) is 14.8 Å². The summed E-state index contributed by atoms with van der Waals surface area (Å²) < 4.78 is 0. The molecule has 2 unspecified atom stereocenters. The number of pyridine rings is 1. The van der Waals surface area contributed by atoms with Gasteiger partial charge >= 0.3 is 0 Å². The van der Waals surface area contributed by atoms with Crippen LogP contribution in [0.25, 0.3) is 0 Å². The summed E-state index contributed by atoms with van der Waals surface area (Å²) in [6, 6.07) is 4.60. The molecule has 2 rings (SSSR count). The maximum Gasteiger partial charge on any atom is 0.0498 e. The van der Waals surface area contributed by atoms with Gasteiger partial charge in [-0.25, -0.2) is 0 Å². The summed E-state index contributed by atoms with van der Waals surface area (Å²) in [5.74, 6) is 0. The Kier molecular flexibility index (Phi) is 5.36. The molecule has 0 spiro atoms. The van der Waals surface area contributed by atoms with Gasteiger partial charge in [-0.2, -0.15) is 0 Å². The first kappa shape index (κ1) is 16.4. The Balaban J connectivity index is 2.17. The van der Waals surface area contributed by atoms with Gasteiger partial charge < -0.3 is 10.6 Å². The van der Waals surface area contributed by atoms with Gasteiger partial charge in [0.1, 0.15) is 0 Å². The molecule has 21 heavy (non-hydrogen) atoms. The lowest BCUT2D eigenvalue weighted by Gasteiger charge is -2.51. The highest BCUT2D eigenvalue weighted by Crippen LogP contribution is 2.38. The predicted octanol–water partition coefficient (Wildman–Crippen LogP) is 2.28. The van der Waals surface area contributed by atoms with E-state index in [1.807, 2.05) is 12.4 Å². The highest BCUT2D eigenvalue weighted by atomic mass is 15.2. The van der Waals surface area contributed by atoms with Gasteiger partial charge in [-0.15, -0.1) is 0 Å². The average Bonchev–Trinajstić information content (AvgIpc) is 2.43. The van der Waals surface area contributed by atoms with Crippen molar-refractivity contribution in [2.45, 2.75) is 50.2 Å². The molecule has 0 bridgehead atoms. The minimum absolute atomic E-state index is 0.150. The van der Waals surface area contributed by atoms with E-state index in [0.717, 1.165) is 13.0 Å². The third kappa shape index (κ3) is 3.44. The summed E-state index contributed by atoms with van der Waals surface area (Å²) in [5.41, 5.74) is 8.03. The maximum atomic E-state index is 6.43. The van der Waals surface area contributed by atoms with Crippen LogP contribution in [0, 0.1) is 0 Å². The van der Waals surface area contributed by atoms with Crippen LogP contribution in [0.15, 0.2) is 24.5 Å². The van der Waals surface area contributed by atoms with Crippen LogP contribution >= 0.6 is 0 Å². The second-order valence-corrected chi connectivity index (χ2v) is 6.68. The fourth-order valence-corrected chi connectivity index (χ4v) is 3.51. The average molecular weight is 290 g/mol. The molecule has 1 heterocycles. The van der Waals surface area contributed by atoms with Crippen LogP contribution in [-0.4, -0.2) is 54.1 Å². The molecule has 4 heteroatoms. The standard InChI is InChI=1S/C17H30N4/c1-5-15(18)16(14-7-11-19-12-8-14)21(4)13-17(20(2)3)9-6-10-17/h7-8,11-12,15-16H,5-6,9-10,13,18H2,1-4H3. The number of likely N-dealkylation sites (N-methyl/N-ethyl adjacent to an activating group) is 2. The number of aromatic nitrogens is 1. The molecular formula is C17H30N4. The van der Waals surface area contributed by atoms with Crippen LogP contribution in [0.4, 0.5) is 0 Å². The molecule has 0 amide bonds. The first-order valence-corrected chi connectivity index (χ1v) is 8.03. The molecule has 1 aliphatic carbocycles. The van der Waals surface area contributed by atoms with Gasteiger partial charge in [0.05, 0.1) is 0 Å². The zero-order valence-electron chi connectivity index (χ0n) is 13.9. The first-order chi connectivity index (χ1) is 10.00. The van der Waals surface area contributed by atoms with Crippen LogP contribution in [0.1, 0.15) is 44.2 Å². The summed E-state index contributed by atoms with van der Waals surface area (Å²) >= 11 is 0. The Hall–Kier alpha value is -0.970. The zero-order chi connectivity index (χ0) is 15.5. The Bertz CT molecular complexity index is 428. The molecule has 1 saturated carbocycles. The summed E-state index contributed by atoms with van der Waals surface area (Å²) in [5, 5.41) is 0. The number of rotatable bonds is 7. The first-order valence-electron chi connectivity index (χ1n) is 8.03. The molecule has 2 N–H and O–H groups in total. The van der Waals surface area contributed by atoms with Crippen molar-refractivity contribution >= 4 is 0 Å². The third-order valence-corrected chi connectivity index (χ3v) is 5.18. The lowest BCUT2D eigenvalue weighted by atomic mass is 9.75. The van der Waals surface area contributed by atoms with Gasteiger partial charge in [0.15, 0.2) is 0 Å². The molecular weight excluding hydrogens is 260 g/mol.